The summed E-state index contributed by atoms with van der Waals surface area (Å²) in [4.78, 5) is 18.2. The van der Waals surface area contributed by atoms with Crippen molar-refractivity contribution in [2.75, 3.05) is 0 Å². The maximum Gasteiger partial charge on any atom is 0.283 e. The van der Waals surface area contributed by atoms with Crippen molar-refractivity contribution in [3.05, 3.63) is 87.6 Å². The maximum atomic E-state index is 13.1. The van der Waals surface area contributed by atoms with Gasteiger partial charge in [0, 0.05) is 11.0 Å². The van der Waals surface area contributed by atoms with E-state index in [2.05, 4.69) is 44.5 Å². The van der Waals surface area contributed by atoms with Crippen LogP contribution >= 0.6 is 27.3 Å². The topological polar surface area (TPSA) is 43.6 Å². The van der Waals surface area contributed by atoms with Crippen LogP contribution in [0, 0.1) is 0 Å². The fraction of sp³-hybridized carbons (Fsp3) is 0.130. The summed E-state index contributed by atoms with van der Waals surface area (Å²) in [5.41, 5.74) is 1.53. The number of hydrogen-bond donors (Lipinski definition) is 0. The number of carbonyl (C=O) groups excluding carboxylic acids is 1. The van der Waals surface area contributed by atoms with Crippen LogP contribution < -0.4 is 9.54 Å². The SMILES string of the molecule is CCCn1c(=NC(=O)c2ccccc2Oc2ccccc2)sc2cc(Br)ccc21. The molecule has 146 valence electrons. The third kappa shape index (κ3) is 4.33. The number of fused-ring (bicyclic) bond motifs is 1. The molecule has 3 aromatic carbocycles. The van der Waals surface area contributed by atoms with Crippen molar-refractivity contribution in [1.29, 1.82) is 0 Å². The number of halogens is 1. The van der Waals surface area contributed by atoms with Crippen LogP contribution in [-0.2, 0) is 6.54 Å². The number of para-hydroxylation sites is 2. The van der Waals surface area contributed by atoms with Crippen molar-refractivity contribution in [2.45, 2.75) is 19.9 Å². The molecule has 4 aromatic rings. The molecule has 0 aliphatic rings. The van der Waals surface area contributed by atoms with Crippen LogP contribution in [0.2, 0.25) is 0 Å². The number of rotatable bonds is 5. The molecule has 0 aliphatic carbocycles. The fourth-order valence-electron chi connectivity index (χ4n) is 3.07. The number of thiazole rings is 1. The normalized spacial score (nSPS) is 11.7. The van der Waals surface area contributed by atoms with E-state index in [0.29, 0.717) is 21.9 Å². The number of hydrogen-bond acceptors (Lipinski definition) is 3. The summed E-state index contributed by atoms with van der Waals surface area (Å²) in [6.07, 6.45) is 0.955. The van der Waals surface area contributed by atoms with Gasteiger partial charge in [-0.2, -0.15) is 4.99 Å². The van der Waals surface area contributed by atoms with E-state index in [0.717, 1.165) is 27.7 Å². The van der Waals surface area contributed by atoms with E-state index < -0.39 is 0 Å². The summed E-state index contributed by atoms with van der Waals surface area (Å²) in [6.45, 7) is 2.92. The van der Waals surface area contributed by atoms with Crippen LogP contribution in [0.15, 0.2) is 82.3 Å². The molecule has 29 heavy (non-hydrogen) atoms. The lowest BCUT2D eigenvalue weighted by molar-refractivity contribution is 0.0995. The number of amides is 1. The molecule has 0 spiro atoms. The molecule has 0 aliphatic heterocycles. The molecule has 1 heterocycles. The Balaban J connectivity index is 1.76. The highest BCUT2D eigenvalue weighted by Gasteiger charge is 2.14. The van der Waals surface area contributed by atoms with Crippen molar-refractivity contribution in [3.8, 4) is 11.5 Å². The van der Waals surface area contributed by atoms with Crippen molar-refractivity contribution in [1.82, 2.24) is 4.57 Å². The van der Waals surface area contributed by atoms with Crippen molar-refractivity contribution in [3.63, 3.8) is 0 Å². The lowest BCUT2D eigenvalue weighted by Gasteiger charge is -2.08. The van der Waals surface area contributed by atoms with E-state index >= 15 is 0 Å². The van der Waals surface area contributed by atoms with Gasteiger partial charge in [0.15, 0.2) is 4.80 Å². The molecule has 0 saturated carbocycles. The minimum Gasteiger partial charge on any atom is -0.457 e. The Kier molecular flexibility index (Phi) is 5.92. The zero-order chi connectivity index (χ0) is 20.2. The second kappa shape index (κ2) is 8.76. The van der Waals surface area contributed by atoms with Crippen LogP contribution in [0.1, 0.15) is 23.7 Å². The van der Waals surface area contributed by atoms with E-state index in [1.54, 1.807) is 12.1 Å². The Morgan fingerprint density at radius 3 is 2.62 bits per heavy atom. The molecule has 0 saturated heterocycles. The quantitative estimate of drug-likeness (QED) is 0.341. The van der Waals surface area contributed by atoms with Gasteiger partial charge in [-0.1, -0.05) is 64.5 Å². The molecule has 4 nitrogen and oxygen atoms in total. The molecule has 4 rings (SSSR count). The fourth-order valence-corrected chi connectivity index (χ4v) is 4.67. The van der Waals surface area contributed by atoms with Gasteiger partial charge in [-0.05, 0) is 48.9 Å². The van der Waals surface area contributed by atoms with Gasteiger partial charge in [0.2, 0.25) is 0 Å². The average molecular weight is 467 g/mol. The molecule has 6 heteroatoms. The number of aryl methyl sites for hydroxylation is 1. The molecule has 0 atom stereocenters. The maximum absolute atomic E-state index is 13.1. The molecule has 1 amide bonds. The molecule has 1 aromatic heterocycles. The number of benzene rings is 3. The van der Waals surface area contributed by atoms with Crippen molar-refractivity contribution in [2.24, 2.45) is 4.99 Å². The van der Waals surface area contributed by atoms with Gasteiger partial charge >= 0.3 is 0 Å². The summed E-state index contributed by atoms with van der Waals surface area (Å²) in [5, 5.41) is 0. The van der Waals surface area contributed by atoms with Gasteiger partial charge < -0.3 is 9.30 Å². The van der Waals surface area contributed by atoms with Crippen molar-refractivity contribution < 1.29 is 9.53 Å². The second-order valence-corrected chi connectivity index (χ2v) is 8.40. The zero-order valence-electron chi connectivity index (χ0n) is 15.8. The Morgan fingerprint density at radius 2 is 1.83 bits per heavy atom. The summed E-state index contributed by atoms with van der Waals surface area (Å²) >= 11 is 5.03. The molecular formula is C23H19BrN2O2S. The monoisotopic (exact) mass is 466 g/mol. The lowest BCUT2D eigenvalue weighted by atomic mass is 10.2. The van der Waals surface area contributed by atoms with Gasteiger partial charge in [-0.25, -0.2) is 0 Å². The third-order valence-corrected chi connectivity index (χ3v) is 5.91. The highest BCUT2D eigenvalue weighted by molar-refractivity contribution is 9.10. The van der Waals surface area contributed by atoms with E-state index in [4.69, 9.17) is 4.74 Å². The second-order valence-electron chi connectivity index (χ2n) is 6.48. The van der Waals surface area contributed by atoms with Gasteiger partial charge in [-0.15, -0.1) is 0 Å². The molecule has 0 bridgehead atoms. The van der Waals surface area contributed by atoms with Gasteiger partial charge in [0.25, 0.3) is 5.91 Å². The zero-order valence-corrected chi connectivity index (χ0v) is 18.2. The highest BCUT2D eigenvalue weighted by Crippen LogP contribution is 2.26. The van der Waals surface area contributed by atoms with E-state index in [9.17, 15) is 4.79 Å². The van der Waals surface area contributed by atoms with E-state index in [-0.39, 0.29) is 5.91 Å². The van der Waals surface area contributed by atoms with Crippen LogP contribution in [0.25, 0.3) is 10.2 Å². The Bertz CT molecular complexity index is 1230. The first-order valence-corrected chi connectivity index (χ1v) is 11.0. The average Bonchev–Trinajstić information content (AvgIpc) is 3.05. The Hall–Kier alpha value is -2.70. The largest absolute Gasteiger partial charge is 0.457 e. The van der Waals surface area contributed by atoms with Gasteiger partial charge in [0.1, 0.15) is 11.5 Å². The summed E-state index contributed by atoms with van der Waals surface area (Å²) in [5.74, 6) is 0.867. The first kappa shape index (κ1) is 19.6. The van der Waals surface area contributed by atoms with E-state index in [1.807, 2.05) is 48.5 Å². The van der Waals surface area contributed by atoms with E-state index in [1.165, 1.54) is 11.3 Å². The molecule has 0 N–H and O–H groups in total. The summed E-state index contributed by atoms with van der Waals surface area (Å²) in [6, 6.07) is 22.8. The summed E-state index contributed by atoms with van der Waals surface area (Å²) in [7, 11) is 0. The number of ether oxygens (including phenoxy) is 1. The Labute approximate surface area is 181 Å². The molecular weight excluding hydrogens is 448 g/mol. The number of carbonyl (C=O) groups is 1. The first-order valence-electron chi connectivity index (χ1n) is 9.35. The molecule has 0 unspecified atom stereocenters. The van der Waals surface area contributed by atoms with Crippen LogP contribution in [0.3, 0.4) is 0 Å². The van der Waals surface area contributed by atoms with Crippen molar-refractivity contribution >= 4 is 43.4 Å². The lowest BCUT2D eigenvalue weighted by Crippen LogP contribution is -2.17. The van der Waals surface area contributed by atoms with Gasteiger partial charge in [-0.3, -0.25) is 4.79 Å². The predicted octanol–water partition coefficient (Wildman–Crippen LogP) is 6.41. The number of nitrogens with zero attached hydrogens (tertiary/aromatic N) is 2. The van der Waals surface area contributed by atoms with Crippen LogP contribution in [0.5, 0.6) is 11.5 Å². The first-order chi connectivity index (χ1) is 14.2. The Morgan fingerprint density at radius 1 is 1.07 bits per heavy atom. The summed E-state index contributed by atoms with van der Waals surface area (Å²) < 4.78 is 10.1. The smallest absolute Gasteiger partial charge is 0.283 e. The number of aromatic nitrogens is 1. The van der Waals surface area contributed by atoms with Crippen LogP contribution in [0.4, 0.5) is 0 Å². The minimum absolute atomic E-state index is 0.313. The minimum atomic E-state index is -0.313. The molecule has 0 radical (unpaired) electrons. The third-order valence-electron chi connectivity index (χ3n) is 4.38. The van der Waals surface area contributed by atoms with Crippen LogP contribution in [-0.4, -0.2) is 10.5 Å². The van der Waals surface area contributed by atoms with Gasteiger partial charge in [0.05, 0.1) is 15.8 Å². The predicted molar refractivity (Wildman–Crippen MR) is 121 cm³/mol. The standard InChI is InChI=1S/C23H19BrN2O2S/c1-2-14-26-19-13-12-16(24)15-21(19)29-23(26)25-22(27)18-10-6-7-11-20(18)28-17-8-4-3-5-9-17/h3-13,15H,2,14H2,1H3. The highest BCUT2D eigenvalue weighted by atomic mass is 79.9. The molecule has 0 fully saturated rings.